The van der Waals surface area contributed by atoms with E-state index in [0.717, 1.165) is 0 Å². The van der Waals surface area contributed by atoms with Gasteiger partial charge in [-0.05, 0) is 44.9 Å². The number of hydrogen-bond donors (Lipinski definition) is 1. The second-order valence-corrected chi connectivity index (χ2v) is 8.80. The summed E-state index contributed by atoms with van der Waals surface area (Å²) in [5.74, 6) is -0.850. The fourth-order valence-electron chi connectivity index (χ4n) is 2.92. The van der Waals surface area contributed by atoms with E-state index >= 15 is 0 Å². The molecule has 9 heteroatoms. The zero-order valence-corrected chi connectivity index (χ0v) is 19.3. The summed E-state index contributed by atoms with van der Waals surface area (Å²) < 4.78 is 15.9. The summed E-state index contributed by atoms with van der Waals surface area (Å²) in [4.78, 5) is 37.2. The van der Waals surface area contributed by atoms with Gasteiger partial charge in [-0.3, -0.25) is 0 Å². The number of amides is 1. The van der Waals surface area contributed by atoms with Gasteiger partial charge in [0.2, 0.25) is 0 Å². The van der Waals surface area contributed by atoms with Crippen LogP contribution in [0.3, 0.4) is 0 Å². The van der Waals surface area contributed by atoms with Crippen LogP contribution in [-0.2, 0) is 9.53 Å². The second-order valence-electron chi connectivity index (χ2n) is 8.02. The molecule has 1 aromatic heterocycles. The number of aryl methyl sites for hydroxylation is 1. The van der Waals surface area contributed by atoms with Gasteiger partial charge in [0.15, 0.2) is 11.8 Å². The summed E-state index contributed by atoms with van der Waals surface area (Å²) in [5.41, 5.74) is -0.348. The molecule has 0 unspecified atom stereocenters. The quantitative estimate of drug-likeness (QED) is 0.299. The smallest absolute Gasteiger partial charge is 0.408 e. The summed E-state index contributed by atoms with van der Waals surface area (Å²) >= 11 is 12.3. The van der Waals surface area contributed by atoms with Gasteiger partial charge < -0.3 is 19.2 Å². The molecule has 7 nitrogen and oxygen atoms in total. The van der Waals surface area contributed by atoms with Crippen molar-refractivity contribution in [2.24, 2.45) is 0 Å². The molecule has 0 aliphatic heterocycles. The third-order valence-electron chi connectivity index (χ3n) is 4.39. The average Bonchev–Trinajstić information content (AvgIpc) is 2.71. The lowest BCUT2D eigenvalue weighted by Gasteiger charge is -2.23. The Hall–Kier alpha value is -3.03. The average molecular weight is 478 g/mol. The molecule has 1 atom stereocenters. The van der Waals surface area contributed by atoms with Crippen LogP contribution in [0.2, 0.25) is 10.0 Å². The van der Waals surface area contributed by atoms with E-state index in [1.165, 1.54) is 12.1 Å². The Bertz CT molecular complexity index is 1230. The summed E-state index contributed by atoms with van der Waals surface area (Å²) in [6.07, 6.45) is -0.788. The van der Waals surface area contributed by atoms with Crippen molar-refractivity contribution in [3.05, 3.63) is 74.1 Å². The molecular formula is C23H21Cl2NO6. The maximum atomic E-state index is 13.0. The van der Waals surface area contributed by atoms with E-state index in [0.29, 0.717) is 16.5 Å². The summed E-state index contributed by atoms with van der Waals surface area (Å²) in [6, 6.07) is 10.2. The molecule has 0 saturated heterocycles. The zero-order chi connectivity index (χ0) is 23.6. The minimum atomic E-state index is -1.17. The molecular weight excluding hydrogens is 457 g/mol. The van der Waals surface area contributed by atoms with Gasteiger partial charge in [0.05, 0.1) is 5.02 Å². The van der Waals surface area contributed by atoms with Crippen molar-refractivity contribution in [1.29, 1.82) is 0 Å². The molecule has 3 rings (SSSR count). The first-order valence-electron chi connectivity index (χ1n) is 9.65. The van der Waals surface area contributed by atoms with Crippen molar-refractivity contribution in [3.8, 4) is 5.75 Å². The van der Waals surface area contributed by atoms with E-state index < -0.39 is 29.3 Å². The van der Waals surface area contributed by atoms with Crippen molar-refractivity contribution in [2.45, 2.75) is 39.3 Å². The maximum absolute atomic E-state index is 13.0. The molecule has 2 aromatic carbocycles. The van der Waals surface area contributed by atoms with Crippen molar-refractivity contribution in [1.82, 2.24) is 5.32 Å². The van der Waals surface area contributed by atoms with E-state index in [1.807, 2.05) is 0 Å². The molecule has 32 heavy (non-hydrogen) atoms. The SMILES string of the molecule is Cc1c(Cl)c(=O)oc2cc(OC(=O)[C@@H](NC(=O)OC(C)(C)C)c3ccccc3)c(Cl)cc12. The lowest BCUT2D eigenvalue weighted by molar-refractivity contribution is -0.137. The van der Waals surface area contributed by atoms with Gasteiger partial charge in [0, 0.05) is 11.5 Å². The number of rotatable bonds is 4. The van der Waals surface area contributed by atoms with Crippen LogP contribution >= 0.6 is 23.2 Å². The minimum Gasteiger partial charge on any atom is -0.444 e. The lowest BCUT2D eigenvalue weighted by atomic mass is 10.1. The van der Waals surface area contributed by atoms with Crippen LogP contribution in [0.1, 0.15) is 37.9 Å². The highest BCUT2D eigenvalue weighted by Crippen LogP contribution is 2.33. The molecule has 0 bridgehead atoms. The van der Waals surface area contributed by atoms with E-state index in [1.54, 1.807) is 58.0 Å². The molecule has 0 fully saturated rings. The van der Waals surface area contributed by atoms with Crippen molar-refractivity contribution >= 4 is 46.2 Å². The number of halogens is 2. The van der Waals surface area contributed by atoms with Gasteiger partial charge in [-0.25, -0.2) is 14.4 Å². The Kier molecular flexibility index (Phi) is 6.81. The van der Waals surface area contributed by atoms with Gasteiger partial charge in [-0.1, -0.05) is 53.5 Å². The predicted molar refractivity (Wildman–Crippen MR) is 121 cm³/mol. The van der Waals surface area contributed by atoms with Crippen molar-refractivity contribution < 1.29 is 23.5 Å². The first kappa shape index (κ1) is 23.6. The lowest BCUT2D eigenvalue weighted by Crippen LogP contribution is -2.39. The van der Waals surface area contributed by atoms with E-state index in [4.69, 9.17) is 37.1 Å². The van der Waals surface area contributed by atoms with Crippen molar-refractivity contribution in [3.63, 3.8) is 0 Å². The molecule has 0 spiro atoms. The number of benzene rings is 2. The molecule has 1 heterocycles. The third-order valence-corrected chi connectivity index (χ3v) is 5.12. The molecule has 0 aliphatic rings. The monoisotopic (exact) mass is 477 g/mol. The van der Waals surface area contributed by atoms with Crippen LogP contribution in [0.4, 0.5) is 4.79 Å². The first-order valence-corrected chi connectivity index (χ1v) is 10.4. The number of alkyl carbamates (subject to hydrolysis) is 1. The molecule has 0 radical (unpaired) electrons. The maximum Gasteiger partial charge on any atom is 0.408 e. The number of carbonyl (C=O) groups is 2. The highest BCUT2D eigenvalue weighted by Gasteiger charge is 2.28. The first-order chi connectivity index (χ1) is 15.0. The van der Waals surface area contributed by atoms with Crippen LogP contribution in [-0.4, -0.2) is 17.7 Å². The Morgan fingerprint density at radius 2 is 1.75 bits per heavy atom. The van der Waals surface area contributed by atoms with Gasteiger partial charge >= 0.3 is 17.7 Å². The van der Waals surface area contributed by atoms with Crippen LogP contribution in [0, 0.1) is 6.92 Å². The van der Waals surface area contributed by atoms with Gasteiger partial charge in [-0.2, -0.15) is 0 Å². The molecule has 1 N–H and O–H groups in total. The third kappa shape index (κ3) is 5.41. The highest BCUT2D eigenvalue weighted by atomic mass is 35.5. The van der Waals surface area contributed by atoms with E-state index in [2.05, 4.69) is 5.32 Å². The molecule has 168 valence electrons. The minimum absolute atomic E-state index is 0.0408. The van der Waals surface area contributed by atoms with Crippen LogP contribution in [0.25, 0.3) is 11.0 Å². The van der Waals surface area contributed by atoms with Crippen LogP contribution in [0.5, 0.6) is 5.75 Å². The number of fused-ring (bicyclic) bond motifs is 1. The number of esters is 1. The number of carbonyl (C=O) groups excluding carboxylic acids is 2. The summed E-state index contributed by atoms with van der Waals surface area (Å²) in [7, 11) is 0. The molecule has 3 aromatic rings. The Morgan fingerprint density at radius 1 is 1.09 bits per heavy atom. The largest absolute Gasteiger partial charge is 0.444 e. The number of nitrogens with one attached hydrogen (secondary N) is 1. The predicted octanol–water partition coefficient (Wildman–Crippen LogP) is 5.58. The van der Waals surface area contributed by atoms with Gasteiger partial charge in [-0.15, -0.1) is 0 Å². The molecule has 1 amide bonds. The Balaban J connectivity index is 1.94. The van der Waals surface area contributed by atoms with Crippen molar-refractivity contribution in [2.75, 3.05) is 0 Å². The fourth-order valence-corrected chi connectivity index (χ4v) is 3.27. The molecule has 0 saturated carbocycles. The van der Waals surface area contributed by atoms with Gasteiger partial charge in [0.1, 0.15) is 16.2 Å². The highest BCUT2D eigenvalue weighted by molar-refractivity contribution is 6.34. The molecule has 0 aliphatic carbocycles. The number of ether oxygens (including phenoxy) is 2. The van der Waals surface area contributed by atoms with Crippen LogP contribution in [0.15, 0.2) is 51.7 Å². The van der Waals surface area contributed by atoms with Crippen LogP contribution < -0.4 is 15.7 Å². The Morgan fingerprint density at radius 3 is 2.38 bits per heavy atom. The normalized spacial score (nSPS) is 12.3. The van der Waals surface area contributed by atoms with E-state index in [9.17, 15) is 14.4 Å². The second kappa shape index (κ2) is 9.22. The standard InChI is InChI=1S/C23H21Cl2NO6/c1-12-14-10-15(24)17(11-16(14)30-20(27)18(12)25)31-21(28)19(13-8-6-5-7-9-13)26-22(29)32-23(2,3)4/h5-11,19H,1-4H3,(H,26,29)/t19-/m0/s1. The zero-order valence-electron chi connectivity index (χ0n) is 17.8. The van der Waals surface area contributed by atoms with Gasteiger partial charge in [0.25, 0.3) is 0 Å². The number of hydrogen-bond acceptors (Lipinski definition) is 6. The topological polar surface area (TPSA) is 94.8 Å². The van der Waals surface area contributed by atoms with E-state index in [-0.39, 0.29) is 21.4 Å². The Labute approximate surface area is 194 Å². The summed E-state index contributed by atoms with van der Waals surface area (Å²) in [6.45, 7) is 6.78. The summed E-state index contributed by atoms with van der Waals surface area (Å²) in [5, 5.41) is 3.08. The fraction of sp³-hybridized carbons (Fsp3) is 0.261.